The van der Waals surface area contributed by atoms with Gasteiger partial charge in [-0.05, 0) is 48.2 Å². The molecule has 1 aliphatic heterocycles. The Hall–Kier alpha value is -3.27. The number of carbonyl (C=O) groups is 3. The minimum atomic E-state index is -2.00. The number of hydrogen-bond acceptors (Lipinski definition) is 4. The molecule has 35 heavy (non-hydrogen) atoms. The van der Waals surface area contributed by atoms with Gasteiger partial charge in [0.25, 0.3) is 5.91 Å². The highest BCUT2D eigenvalue weighted by Gasteiger charge is 2.52. The summed E-state index contributed by atoms with van der Waals surface area (Å²) in [6, 6.07) is 6.39. The van der Waals surface area contributed by atoms with Gasteiger partial charge in [0.15, 0.2) is 0 Å². The van der Waals surface area contributed by atoms with Gasteiger partial charge in [-0.1, -0.05) is 30.9 Å². The Labute approximate surface area is 203 Å². The first kappa shape index (κ1) is 24.8. The summed E-state index contributed by atoms with van der Waals surface area (Å²) in [4.78, 5) is 39.3. The van der Waals surface area contributed by atoms with Crippen LogP contribution < -0.4 is 15.2 Å². The molecule has 2 aromatic carbocycles. The van der Waals surface area contributed by atoms with Crippen LogP contribution in [0.2, 0.25) is 19.6 Å². The van der Waals surface area contributed by atoms with E-state index in [9.17, 15) is 28.3 Å². The van der Waals surface area contributed by atoms with Gasteiger partial charge in [-0.2, -0.15) is 0 Å². The van der Waals surface area contributed by atoms with Crippen LogP contribution in [-0.4, -0.2) is 49.5 Å². The Kier molecular flexibility index (Phi) is 6.43. The number of aliphatic carboxylic acids is 1. The van der Waals surface area contributed by atoms with E-state index >= 15 is 0 Å². The highest BCUT2D eigenvalue weighted by molar-refractivity contribution is 6.88. The van der Waals surface area contributed by atoms with Gasteiger partial charge < -0.3 is 20.1 Å². The molecule has 1 heterocycles. The summed E-state index contributed by atoms with van der Waals surface area (Å²) in [7, 11) is -0.487. The quantitative estimate of drug-likeness (QED) is 0.591. The van der Waals surface area contributed by atoms with Crippen LogP contribution in [-0.2, 0) is 20.8 Å². The molecule has 3 atom stereocenters. The SMILES string of the molecule is COc1ccc2c(c1)CCN(C(=O)C1C[C@H]1C(=O)O)[C@H]2C(=O)Nc1c(F)cc([Si](C)(C)C)cc1F. The van der Waals surface area contributed by atoms with Gasteiger partial charge in [0.2, 0.25) is 5.91 Å². The number of fused-ring (bicyclic) bond motifs is 1. The molecule has 2 amide bonds. The maximum atomic E-state index is 14.9. The van der Waals surface area contributed by atoms with Crippen LogP contribution in [0.3, 0.4) is 0 Å². The Morgan fingerprint density at radius 3 is 2.29 bits per heavy atom. The molecule has 0 saturated heterocycles. The average Bonchev–Trinajstić information content (AvgIpc) is 3.60. The molecule has 2 N–H and O–H groups in total. The third kappa shape index (κ3) is 4.79. The fourth-order valence-corrected chi connectivity index (χ4v) is 5.64. The predicted molar refractivity (Wildman–Crippen MR) is 128 cm³/mol. The second-order valence-electron chi connectivity index (χ2n) is 10.1. The number of nitrogens with zero attached hydrogens (tertiary/aromatic N) is 1. The molecule has 1 fully saturated rings. The number of ether oxygens (including phenoxy) is 1. The summed E-state index contributed by atoms with van der Waals surface area (Å²) < 4.78 is 35.1. The van der Waals surface area contributed by atoms with Crippen LogP contribution in [0.25, 0.3) is 0 Å². The van der Waals surface area contributed by atoms with Gasteiger partial charge in [-0.3, -0.25) is 14.4 Å². The Bertz CT molecular complexity index is 1190. The third-order valence-electron chi connectivity index (χ3n) is 6.69. The van der Waals surface area contributed by atoms with E-state index in [4.69, 9.17) is 4.74 Å². The highest BCUT2D eigenvalue weighted by atomic mass is 28.3. The molecule has 1 aliphatic carbocycles. The molecule has 0 radical (unpaired) electrons. The Morgan fingerprint density at radius 1 is 1.09 bits per heavy atom. The maximum Gasteiger partial charge on any atom is 0.307 e. The normalized spacial score (nSPS) is 21.2. The van der Waals surface area contributed by atoms with Gasteiger partial charge in [0, 0.05) is 6.54 Å². The number of carboxylic acid groups (broad SMARTS) is 1. The zero-order valence-electron chi connectivity index (χ0n) is 20.0. The number of methoxy groups -OCH3 is 1. The molecule has 10 heteroatoms. The van der Waals surface area contributed by atoms with E-state index in [1.807, 2.05) is 19.6 Å². The number of anilines is 1. The van der Waals surface area contributed by atoms with E-state index in [0.29, 0.717) is 22.9 Å². The van der Waals surface area contributed by atoms with Crippen molar-refractivity contribution in [3.05, 3.63) is 53.1 Å². The molecule has 0 aromatic heterocycles. The number of hydrogen-bond donors (Lipinski definition) is 2. The van der Waals surface area contributed by atoms with Crippen molar-refractivity contribution in [2.45, 2.75) is 38.5 Å². The second-order valence-corrected chi connectivity index (χ2v) is 15.2. The number of carboxylic acids is 1. The number of rotatable bonds is 6. The maximum absolute atomic E-state index is 14.9. The Morgan fingerprint density at radius 2 is 1.74 bits per heavy atom. The summed E-state index contributed by atoms with van der Waals surface area (Å²) >= 11 is 0. The van der Waals surface area contributed by atoms with E-state index in [0.717, 1.165) is 5.56 Å². The van der Waals surface area contributed by atoms with Gasteiger partial charge in [-0.25, -0.2) is 8.78 Å². The number of benzene rings is 2. The first-order valence-corrected chi connectivity index (χ1v) is 14.9. The standard InChI is InChI=1S/C25H28F2N2O5Si/c1-34-14-5-6-16-13(9-14)7-8-29(24(31)17-12-18(17)25(32)33)22(16)23(30)28-21-19(26)10-15(11-20(21)27)35(2,3)4/h5-6,9-11,17-18,22H,7-8,12H2,1-4H3,(H,28,30)(H,32,33)/t17?,18-,22-/m1/s1. The van der Waals surface area contributed by atoms with E-state index in [2.05, 4.69) is 5.32 Å². The van der Waals surface area contributed by atoms with Gasteiger partial charge in [-0.15, -0.1) is 0 Å². The van der Waals surface area contributed by atoms with Gasteiger partial charge in [0.1, 0.15) is 29.1 Å². The number of halogens is 2. The van der Waals surface area contributed by atoms with Crippen LogP contribution in [0.4, 0.5) is 14.5 Å². The van der Waals surface area contributed by atoms with E-state index in [-0.39, 0.29) is 13.0 Å². The molecule has 1 unspecified atom stereocenters. The van der Waals surface area contributed by atoms with Crippen molar-refractivity contribution >= 4 is 36.7 Å². The first-order valence-electron chi connectivity index (χ1n) is 11.4. The summed E-state index contributed by atoms with van der Waals surface area (Å²) in [5.41, 5.74) is 0.712. The Balaban J connectivity index is 1.69. The lowest BCUT2D eigenvalue weighted by atomic mass is 9.91. The highest BCUT2D eigenvalue weighted by Crippen LogP contribution is 2.43. The van der Waals surface area contributed by atoms with E-state index in [1.165, 1.54) is 24.1 Å². The minimum absolute atomic E-state index is 0.166. The average molecular weight is 503 g/mol. The minimum Gasteiger partial charge on any atom is -0.497 e. The number of amides is 2. The molecule has 186 valence electrons. The van der Waals surface area contributed by atoms with Crippen molar-refractivity contribution in [1.29, 1.82) is 0 Å². The van der Waals surface area contributed by atoms with Crippen LogP contribution in [0.1, 0.15) is 23.6 Å². The lowest BCUT2D eigenvalue weighted by Crippen LogP contribution is -2.46. The summed E-state index contributed by atoms with van der Waals surface area (Å²) in [5.74, 6) is -4.96. The van der Waals surface area contributed by atoms with E-state index in [1.54, 1.807) is 18.2 Å². The van der Waals surface area contributed by atoms with E-state index < -0.39 is 61.1 Å². The molecule has 2 aliphatic rings. The molecule has 1 saturated carbocycles. The zero-order chi connectivity index (χ0) is 25.7. The number of carbonyl (C=O) groups excluding carboxylic acids is 2. The fourth-order valence-electron chi connectivity index (χ4n) is 4.52. The summed E-state index contributed by atoms with van der Waals surface area (Å²) in [5, 5.41) is 12.2. The topological polar surface area (TPSA) is 95.9 Å². The molecular formula is C25H28F2N2O5Si. The monoisotopic (exact) mass is 502 g/mol. The lowest BCUT2D eigenvalue weighted by Gasteiger charge is -2.37. The lowest BCUT2D eigenvalue weighted by molar-refractivity contribution is -0.144. The molecule has 4 rings (SSSR count). The van der Waals surface area contributed by atoms with Crippen molar-refractivity contribution in [2.75, 3.05) is 19.0 Å². The molecule has 0 spiro atoms. The summed E-state index contributed by atoms with van der Waals surface area (Å²) in [6.45, 7) is 6.04. The number of nitrogens with one attached hydrogen (secondary N) is 1. The largest absolute Gasteiger partial charge is 0.497 e. The molecule has 0 bridgehead atoms. The van der Waals surface area contributed by atoms with Crippen molar-refractivity contribution in [2.24, 2.45) is 11.8 Å². The van der Waals surface area contributed by atoms with Crippen LogP contribution in [0.5, 0.6) is 5.75 Å². The van der Waals surface area contributed by atoms with Gasteiger partial charge >= 0.3 is 5.97 Å². The first-order chi connectivity index (χ1) is 16.4. The molecule has 7 nitrogen and oxygen atoms in total. The van der Waals surface area contributed by atoms with Crippen molar-refractivity contribution < 1.29 is 33.0 Å². The van der Waals surface area contributed by atoms with Crippen LogP contribution in [0.15, 0.2) is 30.3 Å². The van der Waals surface area contributed by atoms with Crippen LogP contribution in [0, 0.1) is 23.5 Å². The third-order valence-corrected chi connectivity index (χ3v) is 8.71. The van der Waals surface area contributed by atoms with Gasteiger partial charge in [0.05, 0.1) is 27.0 Å². The predicted octanol–water partition coefficient (Wildman–Crippen LogP) is 3.30. The van der Waals surface area contributed by atoms with Crippen LogP contribution >= 0.6 is 0 Å². The fraction of sp³-hybridized carbons (Fsp3) is 0.400. The van der Waals surface area contributed by atoms with Crippen molar-refractivity contribution in [1.82, 2.24) is 4.90 Å². The molecule has 2 aromatic rings. The van der Waals surface area contributed by atoms with Crippen molar-refractivity contribution in [3.8, 4) is 5.75 Å². The summed E-state index contributed by atoms with van der Waals surface area (Å²) in [6.07, 6.45) is 0.635. The molecular weight excluding hydrogens is 474 g/mol. The van der Waals surface area contributed by atoms with Crippen molar-refractivity contribution in [3.63, 3.8) is 0 Å². The smallest absolute Gasteiger partial charge is 0.307 e. The second kappa shape index (κ2) is 9.07. The zero-order valence-corrected chi connectivity index (χ0v) is 21.0.